The largest absolute Gasteiger partial charge is 0.389 e. The zero-order chi connectivity index (χ0) is 15.7. The van der Waals surface area contributed by atoms with E-state index in [1.165, 1.54) is 0 Å². The quantitative estimate of drug-likeness (QED) is 0.502. The summed E-state index contributed by atoms with van der Waals surface area (Å²) in [5.41, 5.74) is 6.81. The molecule has 0 bridgehead atoms. The Kier molecular flexibility index (Phi) is 7.81. The van der Waals surface area contributed by atoms with Crippen LogP contribution in [-0.4, -0.2) is 33.2 Å². The number of thiocarbonyl (C=S) groups is 1. The predicted octanol–water partition coefficient (Wildman–Crippen LogP) is 1.56. The second kappa shape index (κ2) is 9.09. The lowest BCUT2D eigenvalue weighted by Gasteiger charge is -2.10. The van der Waals surface area contributed by atoms with Gasteiger partial charge in [-0.1, -0.05) is 43.4 Å². The van der Waals surface area contributed by atoms with Gasteiger partial charge in [0.1, 0.15) is 4.99 Å². The van der Waals surface area contributed by atoms with E-state index in [9.17, 15) is 8.42 Å². The number of rotatable bonds is 10. The lowest BCUT2D eigenvalue weighted by Crippen LogP contribution is -2.28. The molecule has 0 saturated carbocycles. The number of sulfonamides is 1. The maximum atomic E-state index is 12.0. The minimum atomic E-state index is -3.40. The number of nitrogens with two attached hydrogens (primary N) is 1. The SMILES string of the molecule is CCCOCCCNS(=O)(=O)Cc1ccccc1C(N)=S. The first-order valence-corrected chi connectivity index (χ1v) is 8.95. The summed E-state index contributed by atoms with van der Waals surface area (Å²) in [5.74, 6) is -0.129. The molecule has 0 atom stereocenters. The number of hydrogen-bond acceptors (Lipinski definition) is 4. The third kappa shape index (κ3) is 6.99. The van der Waals surface area contributed by atoms with Crippen LogP contribution in [0.25, 0.3) is 0 Å². The summed E-state index contributed by atoms with van der Waals surface area (Å²) in [6, 6.07) is 7.00. The summed E-state index contributed by atoms with van der Waals surface area (Å²) in [6.07, 6.45) is 1.61. The summed E-state index contributed by atoms with van der Waals surface area (Å²) in [4.78, 5) is 0.203. The molecule has 7 heteroatoms. The van der Waals surface area contributed by atoms with E-state index in [-0.39, 0.29) is 10.7 Å². The highest BCUT2D eigenvalue weighted by atomic mass is 32.2. The Labute approximate surface area is 131 Å². The third-order valence-corrected chi connectivity index (χ3v) is 4.32. The molecule has 1 aromatic carbocycles. The molecule has 0 unspecified atom stereocenters. The van der Waals surface area contributed by atoms with Crippen LogP contribution in [-0.2, 0) is 20.5 Å². The van der Waals surface area contributed by atoms with Crippen molar-refractivity contribution in [2.24, 2.45) is 5.73 Å². The smallest absolute Gasteiger partial charge is 0.215 e. The summed E-state index contributed by atoms with van der Waals surface area (Å²) >= 11 is 4.93. The summed E-state index contributed by atoms with van der Waals surface area (Å²) in [5, 5.41) is 0. The highest BCUT2D eigenvalue weighted by Gasteiger charge is 2.14. The van der Waals surface area contributed by atoms with Crippen LogP contribution in [0.2, 0.25) is 0 Å². The first-order valence-electron chi connectivity index (χ1n) is 6.89. The maximum Gasteiger partial charge on any atom is 0.215 e. The van der Waals surface area contributed by atoms with Gasteiger partial charge in [0.2, 0.25) is 10.0 Å². The van der Waals surface area contributed by atoms with Crippen molar-refractivity contribution in [2.75, 3.05) is 19.8 Å². The van der Waals surface area contributed by atoms with E-state index in [1.807, 2.05) is 6.92 Å². The molecule has 0 aliphatic carbocycles. The molecule has 3 N–H and O–H groups in total. The van der Waals surface area contributed by atoms with Crippen molar-refractivity contribution in [3.05, 3.63) is 35.4 Å². The fraction of sp³-hybridized carbons (Fsp3) is 0.500. The summed E-state index contributed by atoms with van der Waals surface area (Å²) in [6.45, 7) is 3.65. The van der Waals surface area contributed by atoms with Crippen molar-refractivity contribution in [1.82, 2.24) is 4.72 Å². The van der Waals surface area contributed by atoms with E-state index in [2.05, 4.69) is 4.72 Å². The van der Waals surface area contributed by atoms with Crippen molar-refractivity contribution in [3.63, 3.8) is 0 Å². The fourth-order valence-corrected chi connectivity index (χ4v) is 3.21. The minimum Gasteiger partial charge on any atom is -0.389 e. The van der Waals surface area contributed by atoms with Crippen molar-refractivity contribution in [3.8, 4) is 0 Å². The van der Waals surface area contributed by atoms with Crippen LogP contribution < -0.4 is 10.5 Å². The standard InChI is InChI=1S/C14H22N2O3S2/c1-2-9-19-10-5-8-16-21(17,18)11-12-6-3-4-7-13(12)14(15)20/h3-4,6-7,16H,2,5,8-11H2,1H3,(H2,15,20). The van der Waals surface area contributed by atoms with Crippen LogP contribution in [0.15, 0.2) is 24.3 Å². The van der Waals surface area contributed by atoms with E-state index in [0.717, 1.165) is 6.42 Å². The second-order valence-electron chi connectivity index (χ2n) is 4.64. The van der Waals surface area contributed by atoms with Gasteiger partial charge in [0.15, 0.2) is 0 Å². The molecule has 0 aliphatic rings. The molecule has 0 heterocycles. The molecule has 0 aliphatic heterocycles. The van der Waals surface area contributed by atoms with E-state index < -0.39 is 10.0 Å². The number of hydrogen-bond donors (Lipinski definition) is 2. The molecular formula is C14H22N2O3S2. The predicted molar refractivity (Wildman–Crippen MR) is 88.7 cm³/mol. The fourth-order valence-electron chi connectivity index (χ4n) is 1.79. The molecule has 0 saturated heterocycles. The summed E-state index contributed by atoms with van der Waals surface area (Å²) in [7, 11) is -3.40. The summed E-state index contributed by atoms with van der Waals surface area (Å²) < 4.78 is 31.9. The van der Waals surface area contributed by atoms with Gasteiger partial charge in [0.05, 0.1) is 5.75 Å². The van der Waals surface area contributed by atoms with Gasteiger partial charge in [-0.25, -0.2) is 13.1 Å². The molecule has 0 radical (unpaired) electrons. The van der Waals surface area contributed by atoms with Crippen LogP contribution >= 0.6 is 12.2 Å². The molecule has 0 fully saturated rings. The molecule has 118 valence electrons. The van der Waals surface area contributed by atoms with Crippen LogP contribution in [0.3, 0.4) is 0 Å². The second-order valence-corrected chi connectivity index (χ2v) is 6.89. The topological polar surface area (TPSA) is 81.4 Å². The van der Waals surface area contributed by atoms with Gasteiger partial charge in [0.25, 0.3) is 0 Å². The lowest BCUT2D eigenvalue weighted by molar-refractivity contribution is 0.133. The number of benzene rings is 1. The monoisotopic (exact) mass is 330 g/mol. The van der Waals surface area contributed by atoms with Gasteiger partial charge in [-0.05, 0) is 18.4 Å². The molecule has 0 spiro atoms. The lowest BCUT2D eigenvalue weighted by atomic mass is 10.1. The Balaban J connectivity index is 2.51. The molecule has 1 aromatic rings. The van der Waals surface area contributed by atoms with Crippen LogP contribution in [0.5, 0.6) is 0 Å². The number of ether oxygens (including phenoxy) is 1. The van der Waals surface area contributed by atoms with E-state index in [4.69, 9.17) is 22.7 Å². The van der Waals surface area contributed by atoms with Crippen LogP contribution in [0.1, 0.15) is 30.9 Å². The number of nitrogens with one attached hydrogen (secondary N) is 1. The highest BCUT2D eigenvalue weighted by Crippen LogP contribution is 2.12. The van der Waals surface area contributed by atoms with Crippen molar-refractivity contribution in [2.45, 2.75) is 25.5 Å². The van der Waals surface area contributed by atoms with Gasteiger partial charge in [-0.2, -0.15) is 0 Å². The maximum absolute atomic E-state index is 12.0. The van der Waals surface area contributed by atoms with Crippen molar-refractivity contribution in [1.29, 1.82) is 0 Å². The normalized spacial score (nSPS) is 11.5. The Bertz CT molecular complexity index is 559. The van der Waals surface area contributed by atoms with Crippen LogP contribution in [0.4, 0.5) is 0 Å². The van der Waals surface area contributed by atoms with E-state index in [0.29, 0.717) is 37.3 Å². The Hall–Kier alpha value is -1.02. The Morgan fingerprint density at radius 2 is 2.05 bits per heavy atom. The van der Waals surface area contributed by atoms with Crippen molar-refractivity contribution < 1.29 is 13.2 Å². The first-order chi connectivity index (χ1) is 9.96. The minimum absolute atomic E-state index is 0.129. The van der Waals surface area contributed by atoms with E-state index >= 15 is 0 Å². The molecule has 21 heavy (non-hydrogen) atoms. The highest BCUT2D eigenvalue weighted by molar-refractivity contribution is 7.88. The molecule has 0 amide bonds. The Morgan fingerprint density at radius 1 is 1.33 bits per heavy atom. The van der Waals surface area contributed by atoms with Crippen LogP contribution in [0, 0.1) is 0 Å². The van der Waals surface area contributed by atoms with E-state index in [1.54, 1.807) is 24.3 Å². The van der Waals surface area contributed by atoms with Gasteiger partial charge in [-0.15, -0.1) is 0 Å². The van der Waals surface area contributed by atoms with Gasteiger partial charge in [0, 0.05) is 25.3 Å². The van der Waals surface area contributed by atoms with Crippen molar-refractivity contribution >= 4 is 27.2 Å². The average Bonchev–Trinajstić information content (AvgIpc) is 2.42. The molecule has 0 aromatic heterocycles. The molecule has 5 nitrogen and oxygen atoms in total. The molecular weight excluding hydrogens is 308 g/mol. The van der Waals surface area contributed by atoms with Gasteiger partial charge in [-0.3, -0.25) is 0 Å². The first kappa shape index (κ1) is 18.0. The zero-order valence-corrected chi connectivity index (χ0v) is 13.8. The molecule has 1 rings (SSSR count). The average molecular weight is 330 g/mol. The van der Waals surface area contributed by atoms with Gasteiger partial charge < -0.3 is 10.5 Å². The third-order valence-electron chi connectivity index (χ3n) is 2.76. The van der Waals surface area contributed by atoms with Gasteiger partial charge >= 0.3 is 0 Å². The Morgan fingerprint density at radius 3 is 2.71 bits per heavy atom. The zero-order valence-electron chi connectivity index (χ0n) is 12.2.